The van der Waals surface area contributed by atoms with Gasteiger partial charge in [0.1, 0.15) is 0 Å². The molecule has 0 heteroatoms. The van der Waals surface area contributed by atoms with Gasteiger partial charge in [-0.1, -0.05) is 67.6 Å². The zero-order valence-corrected chi connectivity index (χ0v) is 10.5. The summed E-state index contributed by atoms with van der Waals surface area (Å²) in [7, 11) is 0. The van der Waals surface area contributed by atoms with Gasteiger partial charge in [-0.2, -0.15) is 0 Å². The van der Waals surface area contributed by atoms with Crippen molar-refractivity contribution in [3.05, 3.63) is 82.9 Å². The van der Waals surface area contributed by atoms with Crippen LogP contribution in [-0.4, -0.2) is 0 Å². The van der Waals surface area contributed by atoms with E-state index in [-0.39, 0.29) is 0 Å². The molecule has 0 N–H and O–H groups in total. The molecule has 0 fully saturated rings. The van der Waals surface area contributed by atoms with Gasteiger partial charge in [0.2, 0.25) is 0 Å². The largest absolute Gasteiger partial charge is 0.0838 e. The third kappa shape index (κ3) is 1.21. The van der Waals surface area contributed by atoms with E-state index in [9.17, 15) is 0 Å². The summed E-state index contributed by atoms with van der Waals surface area (Å²) in [6.45, 7) is 2.34. The monoisotopic (exact) mass is 232 g/mol. The Morgan fingerprint density at radius 1 is 0.667 bits per heavy atom. The molecule has 5 rings (SSSR count). The third-order valence-electron chi connectivity index (χ3n) is 4.47. The minimum Gasteiger partial charge on any atom is -0.0838 e. The Hall–Kier alpha value is -1.82. The van der Waals surface area contributed by atoms with Gasteiger partial charge in [0, 0.05) is 11.8 Å². The first-order valence-corrected chi connectivity index (χ1v) is 6.72. The van der Waals surface area contributed by atoms with Crippen LogP contribution in [0.4, 0.5) is 0 Å². The highest BCUT2D eigenvalue weighted by Crippen LogP contribution is 2.49. The zero-order chi connectivity index (χ0) is 12.1. The van der Waals surface area contributed by atoms with Crippen LogP contribution >= 0.6 is 0 Å². The lowest BCUT2D eigenvalue weighted by Gasteiger charge is -2.32. The van der Waals surface area contributed by atoms with Crippen molar-refractivity contribution in [3.8, 4) is 0 Å². The number of hydrogen-bond acceptors (Lipinski definition) is 0. The number of hydrogen-bond donors (Lipinski definition) is 0. The van der Waals surface area contributed by atoms with Crippen molar-refractivity contribution in [2.45, 2.75) is 18.8 Å². The van der Waals surface area contributed by atoms with E-state index in [1.807, 2.05) is 0 Å². The van der Waals surface area contributed by atoms with E-state index in [0.29, 0.717) is 17.8 Å². The van der Waals surface area contributed by atoms with E-state index in [1.165, 1.54) is 22.3 Å². The fraction of sp³-hybridized carbons (Fsp3) is 0.222. The van der Waals surface area contributed by atoms with Crippen molar-refractivity contribution < 1.29 is 0 Å². The molecule has 0 spiro atoms. The molecular formula is C18H16. The first-order valence-electron chi connectivity index (χ1n) is 6.72. The van der Waals surface area contributed by atoms with Gasteiger partial charge >= 0.3 is 0 Å². The summed E-state index contributed by atoms with van der Waals surface area (Å²) < 4.78 is 0. The Kier molecular flexibility index (Phi) is 2.02. The van der Waals surface area contributed by atoms with Crippen LogP contribution in [0.1, 0.15) is 41.0 Å². The predicted molar refractivity (Wildman–Crippen MR) is 74.9 cm³/mol. The second kappa shape index (κ2) is 3.58. The highest BCUT2D eigenvalue weighted by molar-refractivity contribution is 5.57. The van der Waals surface area contributed by atoms with E-state index < -0.39 is 0 Å². The van der Waals surface area contributed by atoms with Crippen molar-refractivity contribution in [3.63, 3.8) is 0 Å². The van der Waals surface area contributed by atoms with Gasteiger partial charge in [-0.05, 0) is 28.2 Å². The molecule has 1 atom stereocenters. The van der Waals surface area contributed by atoms with E-state index >= 15 is 0 Å². The van der Waals surface area contributed by atoms with Gasteiger partial charge in [-0.25, -0.2) is 0 Å². The topological polar surface area (TPSA) is 0 Å². The first-order chi connectivity index (χ1) is 8.86. The number of rotatable bonds is 0. The summed E-state index contributed by atoms with van der Waals surface area (Å²) in [6.07, 6.45) is 4.80. The summed E-state index contributed by atoms with van der Waals surface area (Å²) in [5, 5.41) is 0. The fourth-order valence-electron chi connectivity index (χ4n) is 3.66. The smallest absolute Gasteiger partial charge is 0.0275 e. The van der Waals surface area contributed by atoms with Crippen LogP contribution in [0.15, 0.2) is 60.7 Å². The third-order valence-corrected chi connectivity index (χ3v) is 4.47. The molecule has 0 nitrogen and oxygen atoms in total. The Labute approximate surface area is 108 Å². The Balaban J connectivity index is 2.08. The average Bonchev–Trinajstić information content (AvgIpc) is 2.65. The fourth-order valence-corrected chi connectivity index (χ4v) is 3.66. The first kappa shape index (κ1) is 10.1. The van der Waals surface area contributed by atoms with Gasteiger partial charge in [-0.15, -0.1) is 0 Å². The van der Waals surface area contributed by atoms with Crippen LogP contribution in [0.5, 0.6) is 0 Å². The van der Waals surface area contributed by atoms with Crippen LogP contribution in [-0.2, 0) is 0 Å². The molecule has 0 aromatic heterocycles. The normalized spacial score (nSPS) is 27.5. The van der Waals surface area contributed by atoms with E-state index in [0.717, 1.165) is 0 Å². The van der Waals surface area contributed by atoms with Crippen molar-refractivity contribution in [2.24, 2.45) is 5.92 Å². The summed E-state index contributed by atoms with van der Waals surface area (Å²) in [5.41, 5.74) is 6.06. The van der Waals surface area contributed by atoms with E-state index in [4.69, 9.17) is 0 Å². The molecule has 0 heterocycles. The maximum Gasteiger partial charge on any atom is 0.0275 e. The summed E-state index contributed by atoms with van der Waals surface area (Å²) in [6, 6.07) is 17.9. The highest BCUT2D eigenvalue weighted by atomic mass is 14.4. The summed E-state index contributed by atoms with van der Waals surface area (Å²) in [5.74, 6) is 1.57. The molecule has 2 aromatic rings. The van der Waals surface area contributed by atoms with Gasteiger partial charge in [0.15, 0.2) is 0 Å². The van der Waals surface area contributed by atoms with Crippen molar-refractivity contribution in [1.29, 1.82) is 0 Å². The molecule has 0 aliphatic heterocycles. The standard InChI is InChI=1S/C18H16/c1-12-10-11-15-13-6-2-4-8-16(13)18(12)17-9-5-3-7-14(15)17/h2-12,15,18H,1H3/t12-,15?,18?/m0/s1. The minimum atomic E-state index is 0.457. The molecule has 18 heavy (non-hydrogen) atoms. The predicted octanol–water partition coefficient (Wildman–Crippen LogP) is 4.47. The molecule has 0 unspecified atom stereocenters. The quantitative estimate of drug-likeness (QED) is 0.588. The molecule has 0 saturated heterocycles. The van der Waals surface area contributed by atoms with Crippen LogP contribution in [0.25, 0.3) is 0 Å². The number of fused-ring (bicyclic) bond motifs is 1. The number of allylic oxidation sites excluding steroid dienone is 2. The van der Waals surface area contributed by atoms with Crippen LogP contribution < -0.4 is 0 Å². The van der Waals surface area contributed by atoms with E-state index in [1.54, 1.807) is 0 Å². The lowest BCUT2D eigenvalue weighted by molar-refractivity contribution is 0.615. The lowest BCUT2D eigenvalue weighted by atomic mass is 9.71. The van der Waals surface area contributed by atoms with Gasteiger partial charge in [-0.3, -0.25) is 0 Å². The van der Waals surface area contributed by atoms with Gasteiger partial charge in [0.05, 0.1) is 0 Å². The summed E-state index contributed by atoms with van der Waals surface area (Å²) in [4.78, 5) is 0. The molecule has 3 aliphatic rings. The molecule has 0 radical (unpaired) electrons. The molecule has 3 aliphatic carbocycles. The van der Waals surface area contributed by atoms with Crippen molar-refractivity contribution >= 4 is 0 Å². The maximum atomic E-state index is 2.40. The molecule has 88 valence electrons. The Morgan fingerprint density at radius 3 is 1.72 bits per heavy atom. The molecule has 0 amide bonds. The second-order valence-corrected chi connectivity index (χ2v) is 5.46. The molecular weight excluding hydrogens is 216 g/mol. The zero-order valence-electron chi connectivity index (χ0n) is 10.5. The maximum absolute atomic E-state index is 2.40. The second-order valence-electron chi connectivity index (χ2n) is 5.46. The van der Waals surface area contributed by atoms with Gasteiger partial charge in [0.25, 0.3) is 0 Å². The molecule has 0 saturated carbocycles. The number of benzene rings is 2. The highest BCUT2D eigenvalue weighted by Gasteiger charge is 2.35. The molecule has 2 bridgehead atoms. The minimum absolute atomic E-state index is 0.457. The Bertz CT molecular complexity index is 588. The summed E-state index contributed by atoms with van der Waals surface area (Å²) >= 11 is 0. The van der Waals surface area contributed by atoms with Crippen LogP contribution in [0.3, 0.4) is 0 Å². The lowest BCUT2D eigenvalue weighted by Crippen LogP contribution is -2.18. The average molecular weight is 232 g/mol. The van der Waals surface area contributed by atoms with Crippen molar-refractivity contribution in [1.82, 2.24) is 0 Å². The SMILES string of the molecule is C[C@H]1C=CC2c3ccccc3C1c1ccccc12. The van der Waals surface area contributed by atoms with Crippen LogP contribution in [0.2, 0.25) is 0 Å². The molecule has 2 aromatic carbocycles. The van der Waals surface area contributed by atoms with Crippen molar-refractivity contribution in [2.75, 3.05) is 0 Å². The Morgan fingerprint density at radius 2 is 1.17 bits per heavy atom. The van der Waals surface area contributed by atoms with Crippen LogP contribution in [0, 0.1) is 5.92 Å². The van der Waals surface area contributed by atoms with Gasteiger partial charge < -0.3 is 0 Å². The van der Waals surface area contributed by atoms with E-state index in [2.05, 4.69) is 67.6 Å².